The molecule has 0 amide bonds. The van der Waals surface area contributed by atoms with E-state index in [9.17, 15) is 9.59 Å². The van der Waals surface area contributed by atoms with E-state index in [1.807, 2.05) is 30.4 Å². The summed E-state index contributed by atoms with van der Waals surface area (Å²) in [4.78, 5) is 21.6. The van der Waals surface area contributed by atoms with Crippen LogP contribution in [0, 0.1) is 0 Å². The summed E-state index contributed by atoms with van der Waals surface area (Å²) in [7, 11) is 0. The third kappa shape index (κ3) is 5.61. The van der Waals surface area contributed by atoms with Crippen molar-refractivity contribution in [3.05, 3.63) is 60.2 Å². The minimum Gasteiger partial charge on any atom is -0.299 e. The third-order valence-corrected chi connectivity index (χ3v) is 2.28. The van der Waals surface area contributed by atoms with Gasteiger partial charge in [0.15, 0.2) is 5.78 Å². The van der Waals surface area contributed by atoms with Crippen LogP contribution in [-0.2, 0) is 4.79 Å². The number of unbranched alkanes of at least 4 members (excludes halogenated alkanes) is 2. The molecule has 1 rings (SSSR count). The predicted octanol–water partition coefficient (Wildman–Crippen LogP) is 3.35. The highest BCUT2D eigenvalue weighted by Gasteiger charge is 1.98. The molecule has 0 atom stereocenters. The average molecular weight is 228 g/mol. The van der Waals surface area contributed by atoms with Gasteiger partial charge in [0.1, 0.15) is 6.29 Å². The van der Waals surface area contributed by atoms with Gasteiger partial charge in [-0.15, -0.1) is 0 Å². The monoisotopic (exact) mass is 228 g/mol. The van der Waals surface area contributed by atoms with Gasteiger partial charge in [-0.3, -0.25) is 9.59 Å². The maximum atomic E-state index is 11.6. The first-order valence-electron chi connectivity index (χ1n) is 5.71. The van der Waals surface area contributed by atoms with Crippen LogP contribution in [0.4, 0.5) is 0 Å². The zero-order valence-corrected chi connectivity index (χ0v) is 9.71. The largest absolute Gasteiger partial charge is 0.299 e. The summed E-state index contributed by atoms with van der Waals surface area (Å²) in [6.45, 7) is 0. The van der Waals surface area contributed by atoms with Gasteiger partial charge in [-0.2, -0.15) is 0 Å². The van der Waals surface area contributed by atoms with Crippen LogP contribution >= 0.6 is 0 Å². The summed E-state index contributed by atoms with van der Waals surface area (Å²) in [6, 6.07) is 9.20. The van der Waals surface area contributed by atoms with E-state index in [0.29, 0.717) is 5.56 Å². The lowest BCUT2D eigenvalue weighted by molar-refractivity contribution is -0.104. The molecule has 0 spiro atoms. The highest BCUT2D eigenvalue weighted by atomic mass is 16.1. The Morgan fingerprint density at radius 3 is 2.47 bits per heavy atom. The van der Waals surface area contributed by atoms with Crippen LogP contribution in [0.2, 0.25) is 0 Å². The fourth-order valence-corrected chi connectivity index (χ4v) is 1.39. The van der Waals surface area contributed by atoms with Gasteiger partial charge in [-0.1, -0.05) is 42.5 Å². The fourth-order valence-electron chi connectivity index (χ4n) is 1.39. The smallest absolute Gasteiger partial charge is 0.185 e. The number of benzene rings is 1. The van der Waals surface area contributed by atoms with Crippen molar-refractivity contribution in [1.82, 2.24) is 0 Å². The van der Waals surface area contributed by atoms with Crippen LogP contribution in [-0.4, -0.2) is 12.1 Å². The molecule has 0 bridgehead atoms. The van der Waals surface area contributed by atoms with Crippen molar-refractivity contribution in [2.24, 2.45) is 0 Å². The molecule has 0 radical (unpaired) electrons. The van der Waals surface area contributed by atoms with E-state index >= 15 is 0 Å². The molecule has 0 heterocycles. The predicted molar refractivity (Wildman–Crippen MR) is 69.0 cm³/mol. The van der Waals surface area contributed by atoms with E-state index in [-0.39, 0.29) is 5.78 Å². The van der Waals surface area contributed by atoms with E-state index in [1.165, 1.54) is 6.08 Å². The lowest BCUT2D eigenvalue weighted by Gasteiger charge is -1.94. The summed E-state index contributed by atoms with van der Waals surface area (Å²) in [5.41, 5.74) is 0.713. The van der Waals surface area contributed by atoms with Crippen molar-refractivity contribution < 1.29 is 9.59 Å². The molecule has 88 valence electrons. The normalized spacial score (nSPS) is 11.1. The molecule has 0 N–H and O–H groups in total. The second-order valence-corrected chi connectivity index (χ2v) is 3.63. The highest BCUT2D eigenvalue weighted by Crippen LogP contribution is 2.03. The molecule has 0 aliphatic carbocycles. The number of hydrogen-bond donors (Lipinski definition) is 0. The average Bonchev–Trinajstić information content (AvgIpc) is 2.38. The Kier molecular flexibility index (Phi) is 6.34. The van der Waals surface area contributed by atoms with Gasteiger partial charge < -0.3 is 0 Å². The van der Waals surface area contributed by atoms with Crippen molar-refractivity contribution in [3.63, 3.8) is 0 Å². The summed E-state index contributed by atoms with van der Waals surface area (Å²) >= 11 is 0. The standard InChI is InChI=1S/C15H16O2/c16-13-9-4-2-1-3-8-12-15(17)14-10-6-5-7-11-14/h4-13H,1-3H2/b9-4+,12-8+. The number of rotatable bonds is 7. The molecule has 1 aromatic rings. The maximum Gasteiger partial charge on any atom is 0.185 e. The minimum absolute atomic E-state index is 0.0361. The van der Waals surface area contributed by atoms with Crippen LogP contribution in [0.1, 0.15) is 29.6 Å². The quantitative estimate of drug-likeness (QED) is 0.310. The van der Waals surface area contributed by atoms with Gasteiger partial charge in [0.2, 0.25) is 0 Å². The van der Waals surface area contributed by atoms with E-state index in [0.717, 1.165) is 25.5 Å². The molecule has 0 aliphatic rings. The maximum absolute atomic E-state index is 11.6. The zero-order valence-electron chi connectivity index (χ0n) is 9.71. The topological polar surface area (TPSA) is 34.1 Å². The Hall–Kier alpha value is -1.96. The van der Waals surface area contributed by atoms with Gasteiger partial charge >= 0.3 is 0 Å². The summed E-state index contributed by atoms with van der Waals surface area (Å²) in [5.74, 6) is 0.0361. The number of carbonyl (C=O) groups excluding carboxylic acids is 2. The van der Waals surface area contributed by atoms with Gasteiger partial charge in [0.25, 0.3) is 0 Å². The van der Waals surface area contributed by atoms with Gasteiger partial charge in [0.05, 0.1) is 0 Å². The third-order valence-electron chi connectivity index (χ3n) is 2.28. The van der Waals surface area contributed by atoms with Gasteiger partial charge in [0, 0.05) is 5.56 Å². The SMILES string of the molecule is O=C/C=C/CCC/C=C/C(=O)c1ccccc1. The molecular weight excluding hydrogens is 212 g/mol. The van der Waals surface area contributed by atoms with Gasteiger partial charge in [-0.05, 0) is 31.4 Å². The molecule has 0 saturated heterocycles. The van der Waals surface area contributed by atoms with Crippen molar-refractivity contribution in [2.75, 3.05) is 0 Å². The first-order valence-corrected chi connectivity index (χ1v) is 5.71. The Morgan fingerprint density at radius 2 is 1.76 bits per heavy atom. The molecule has 0 fully saturated rings. The first kappa shape index (κ1) is 13.1. The van der Waals surface area contributed by atoms with Crippen LogP contribution < -0.4 is 0 Å². The lowest BCUT2D eigenvalue weighted by atomic mass is 10.1. The summed E-state index contributed by atoms with van der Waals surface area (Å²) in [5, 5.41) is 0. The Labute approximate surface area is 102 Å². The highest BCUT2D eigenvalue weighted by molar-refractivity contribution is 6.04. The Morgan fingerprint density at radius 1 is 1.06 bits per heavy atom. The first-order chi connectivity index (χ1) is 8.34. The van der Waals surface area contributed by atoms with E-state index in [4.69, 9.17) is 0 Å². The van der Waals surface area contributed by atoms with Crippen molar-refractivity contribution >= 4 is 12.1 Å². The summed E-state index contributed by atoms with van der Waals surface area (Å²) in [6.07, 6.45) is 10.3. The number of ketones is 1. The molecular formula is C15H16O2. The number of hydrogen-bond acceptors (Lipinski definition) is 2. The van der Waals surface area contributed by atoms with E-state index < -0.39 is 0 Å². The van der Waals surface area contributed by atoms with Crippen molar-refractivity contribution in [1.29, 1.82) is 0 Å². The molecule has 0 unspecified atom stereocenters. The van der Waals surface area contributed by atoms with E-state index in [2.05, 4.69) is 0 Å². The second kappa shape index (κ2) is 8.22. The zero-order chi connectivity index (χ0) is 12.3. The van der Waals surface area contributed by atoms with Crippen molar-refractivity contribution in [3.8, 4) is 0 Å². The Bertz CT molecular complexity index is 402. The lowest BCUT2D eigenvalue weighted by Crippen LogP contribution is -1.92. The van der Waals surface area contributed by atoms with Crippen LogP contribution in [0.25, 0.3) is 0 Å². The molecule has 0 aliphatic heterocycles. The molecule has 0 saturated carbocycles. The number of allylic oxidation sites excluding steroid dienone is 4. The fraction of sp³-hybridized carbons (Fsp3) is 0.200. The van der Waals surface area contributed by atoms with Crippen LogP contribution in [0.5, 0.6) is 0 Å². The van der Waals surface area contributed by atoms with Crippen molar-refractivity contribution in [2.45, 2.75) is 19.3 Å². The number of aldehydes is 1. The molecule has 2 nitrogen and oxygen atoms in total. The van der Waals surface area contributed by atoms with Gasteiger partial charge in [-0.25, -0.2) is 0 Å². The van der Waals surface area contributed by atoms with E-state index in [1.54, 1.807) is 18.2 Å². The van der Waals surface area contributed by atoms with Crippen LogP contribution in [0.3, 0.4) is 0 Å². The number of carbonyl (C=O) groups is 2. The summed E-state index contributed by atoms with van der Waals surface area (Å²) < 4.78 is 0. The molecule has 1 aromatic carbocycles. The molecule has 17 heavy (non-hydrogen) atoms. The van der Waals surface area contributed by atoms with Crippen LogP contribution in [0.15, 0.2) is 54.6 Å². The second-order valence-electron chi connectivity index (χ2n) is 3.63. The Balaban J connectivity index is 2.27. The molecule has 2 heteroatoms. The minimum atomic E-state index is 0.0361. The molecule has 0 aromatic heterocycles.